The molecular formula is C18H24N2O3. The van der Waals surface area contributed by atoms with Crippen LogP contribution in [-0.2, 0) is 11.3 Å². The third-order valence-electron chi connectivity index (χ3n) is 3.82. The molecule has 0 saturated carbocycles. The molecular weight excluding hydrogens is 292 g/mol. The molecule has 0 spiro atoms. The third-order valence-corrected chi connectivity index (χ3v) is 3.82. The van der Waals surface area contributed by atoms with Gasteiger partial charge in [0.2, 0.25) is 0 Å². The Labute approximate surface area is 137 Å². The van der Waals surface area contributed by atoms with Gasteiger partial charge in [-0.2, -0.15) is 0 Å². The number of rotatable bonds is 7. The second kappa shape index (κ2) is 8.39. The van der Waals surface area contributed by atoms with E-state index in [1.54, 1.807) is 26.2 Å². The summed E-state index contributed by atoms with van der Waals surface area (Å²) >= 11 is 0. The first-order valence-corrected chi connectivity index (χ1v) is 7.70. The van der Waals surface area contributed by atoms with Crippen LogP contribution in [0.15, 0.2) is 36.4 Å². The SMILES string of the molecule is COCCCN(C)C(=O)NCc1c(OC)ccc2ccccc12. The topological polar surface area (TPSA) is 50.8 Å². The molecule has 5 heteroatoms. The van der Waals surface area contributed by atoms with Crippen LogP contribution in [0.5, 0.6) is 5.75 Å². The van der Waals surface area contributed by atoms with Gasteiger partial charge in [-0.25, -0.2) is 4.79 Å². The normalized spacial score (nSPS) is 10.6. The van der Waals surface area contributed by atoms with Gasteiger partial charge in [0.1, 0.15) is 5.75 Å². The van der Waals surface area contributed by atoms with Crippen molar-refractivity contribution >= 4 is 16.8 Å². The van der Waals surface area contributed by atoms with Gasteiger partial charge in [0, 0.05) is 39.4 Å². The molecule has 2 amide bonds. The molecule has 0 fully saturated rings. The van der Waals surface area contributed by atoms with Gasteiger partial charge in [-0.3, -0.25) is 0 Å². The minimum Gasteiger partial charge on any atom is -0.496 e. The number of fused-ring (bicyclic) bond motifs is 1. The number of carbonyl (C=O) groups excluding carboxylic acids is 1. The fourth-order valence-corrected chi connectivity index (χ4v) is 2.54. The van der Waals surface area contributed by atoms with E-state index in [1.165, 1.54) is 0 Å². The van der Waals surface area contributed by atoms with Crippen LogP contribution in [0.1, 0.15) is 12.0 Å². The van der Waals surface area contributed by atoms with Crippen LogP contribution in [-0.4, -0.2) is 45.3 Å². The highest BCUT2D eigenvalue weighted by molar-refractivity contribution is 5.88. The molecule has 124 valence electrons. The Balaban J connectivity index is 2.07. The molecule has 0 aliphatic heterocycles. The average molecular weight is 316 g/mol. The minimum absolute atomic E-state index is 0.101. The molecule has 0 aromatic heterocycles. The van der Waals surface area contributed by atoms with Crippen LogP contribution < -0.4 is 10.1 Å². The highest BCUT2D eigenvalue weighted by Crippen LogP contribution is 2.27. The smallest absolute Gasteiger partial charge is 0.317 e. The van der Waals surface area contributed by atoms with Crippen molar-refractivity contribution in [2.24, 2.45) is 0 Å². The number of hydrogen-bond acceptors (Lipinski definition) is 3. The van der Waals surface area contributed by atoms with Crippen molar-refractivity contribution in [2.45, 2.75) is 13.0 Å². The maximum absolute atomic E-state index is 12.2. The van der Waals surface area contributed by atoms with E-state index < -0.39 is 0 Å². The van der Waals surface area contributed by atoms with E-state index in [2.05, 4.69) is 11.4 Å². The Kier molecular flexibility index (Phi) is 6.23. The predicted molar refractivity (Wildman–Crippen MR) is 91.9 cm³/mol. The Morgan fingerprint density at radius 3 is 2.70 bits per heavy atom. The zero-order valence-corrected chi connectivity index (χ0v) is 14.0. The second-order valence-corrected chi connectivity index (χ2v) is 5.39. The summed E-state index contributed by atoms with van der Waals surface area (Å²) in [4.78, 5) is 13.8. The van der Waals surface area contributed by atoms with Crippen LogP contribution in [0.25, 0.3) is 10.8 Å². The summed E-state index contributed by atoms with van der Waals surface area (Å²) in [6.07, 6.45) is 0.817. The molecule has 0 bridgehead atoms. The van der Waals surface area contributed by atoms with Gasteiger partial charge in [0.25, 0.3) is 0 Å². The molecule has 0 aliphatic carbocycles. The lowest BCUT2D eigenvalue weighted by Gasteiger charge is -2.19. The molecule has 0 saturated heterocycles. The van der Waals surface area contributed by atoms with Gasteiger partial charge >= 0.3 is 6.03 Å². The Morgan fingerprint density at radius 1 is 1.17 bits per heavy atom. The van der Waals surface area contributed by atoms with E-state index in [0.29, 0.717) is 19.7 Å². The number of carbonyl (C=O) groups is 1. The van der Waals surface area contributed by atoms with Gasteiger partial charge in [0.15, 0.2) is 0 Å². The van der Waals surface area contributed by atoms with E-state index in [4.69, 9.17) is 9.47 Å². The number of hydrogen-bond donors (Lipinski definition) is 1. The summed E-state index contributed by atoms with van der Waals surface area (Å²) in [5, 5.41) is 5.18. The first kappa shape index (κ1) is 17.1. The first-order chi connectivity index (χ1) is 11.2. The fraction of sp³-hybridized carbons (Fsp3) is 0.389. The van der Waals surface area contributed by atoms with Gasteiger partial charge in [-0.15, -0.1) is 0 Å². The summed E-state index contributed by atoms with van der Waals surface area (Å²) in [5.41, 5.74) is 0.990. The Bertz CT molecular complexity index is 658. The van der Waals surface area contributed by atoms with E-state index in [1.807, 2.05) is 30.3 Å². The number of nitrogens with one attached hydrogen (secondary N) is 1. The standard InChI is InChI=1S/C18H24N2O3/c1-20(11-6-12-22-2)18(21)19-13-16-15-8-5-4-7-14(15)9-10-17(16)23-3/h4-5,7-10H,6,11-13H2,1-3H3,(H,19,21). The lowest BCUT2D eigenvalue weighted by atomic mass is 10.0. The lowest BCUT2D eigenvalue weighted by molar-refractivity contribution is 0.175. The minimum atomic E-state index is -0.101. The van der Waals surface area contributed by atoms with E-state index in [-0.39, 0.29) is 6.03 Å². The molecule has 0 unspecified atom stereocenters. The quantitative estimate of drug-likeness (QED) is 0.799. The molecule has 1 N–H and O–H groups in total. The number of urea groups is 1. The van der Waals surface area contributed by atoms with Crippen LogP contribution in [0.2, 0.25) is 0 Å². The summed E-state index contributed by atoms with van der Waals surface area (Å²) < 4.78 is 10.4. The molecule has 0 aliphatic rings. The van der Waals surface area contributed by atoms with Crippen molar-refractivity contribution < 1.29 is 14.3 Å². The number of ether oxygens (including phenoxy) is 2. The number of methoxy groups -OCH3 is 2. The molecule has 23 heavy (non-hydrogen) atoms. The summed E-state index contributed by atoms with van der Waals surface area (Å²) in [6.45, 7) is 1.74. The molecule has 0 atom stereocenters. The first-order valence-electron chi connectivity index (χ1n) is 7.70. The molecule has 2 aromatic carbocycles. The highest BCUT2D eigenvalue weighted by Gasteiger charge is 2.12. The van der Waals surface area contributed by atoms with Crippen LogP contribution in [0, 0.1) is 0 Å². The van der Waals surface area contributed by atoms with E-state index in [0.717, 1.165) is 28.5 Å². The summed E-state index contributed by atoms with van der Waals surface area (Å²) in [6, 6.07) is 11.9. The third kappa shape index (κ3) is 4.36. The maximum Gasteiger partial charge on any atom is 0.317 e. The largest absolute Gasteiger partial charge is 0.496 e. The highest BCUT2D eigenvalue weighted by atomic mass is 16.5. The summed E-state index contributed by atoms with van der Waals surface area (Å²) in [5.74, 6) is 0.783. The van der Waals surface area contributed by atoms with E-state index >= 15 is 0 Å². The molecule has 2 aromatic rings. The number of nitrogens with zero attached hydrogens (tertiary/aromatic N) is 1. The van der Waals surface area contributed by atoms with Crippen molar-refractivity contribution in [1.29, 1.82) is 0 Å². The van der Waals surface area contributed by atoms with Crippen molar-refractivity contribution in [3.63, 3.8) is 0 Å². The summed E-state index contributed by atoms with van der Waals surface area (Å²) in [7, 11) is 5.09. The Hall–Kier alpha value is -2.27. The van der Waals surface area contributed by atoms with Crippen LogP contribution in [0.3, 0.4) is 0 Å². The Morgan fingerprint density at radius 2 is 1.96 bits per heavy atom. The number of benzene rings is 2. The van der Waals surface area contributed by atoms with Crippen molar-refractivity contribution in [3.8, 4) is 5.75 Å². The molecule has 0 radical (unpaired) electrons. The van der Waals surface area contributed by atoms with Gasteiger partial charge in [-0.05, 0) is 23.3 Å². The zero-order valence-electron chi connectivity index (χ0n) is 14.0. The van der Waals surface area contributed by atoms with Crippen molar-refractivity contribution in [2.75, 3.05) is 34.4 Å². The lowest BCUT2D eigenvalue weighted by Crippen LogP contribution is -2.37. The van der Waals surface area contributed by atoms with Crippen LogP contribution in [0.4, 0.5) is 4.79 Å². The van der Waals surface area contributed by atoms with Crippen LogP contribution >= 0.6 is 0 Å². The number of amides is 2. The fourth-order valence-electron chi connectivity index (χ4n) is 2.54. The second-order valence-electron chi connectivity index (χ2n) is 5.39. The maximum atomic E-state index is 12.2. The predicted octanol–water partition coefficient (Wildman–Crippen LogP) is 3.03. The molecule has 5 nitrogen and oxygen atoms in total. The van der Waals surface area contributed by atoms with Gasteiger partial charge in [0.05, 0.1) is 7.11 Å². The zero-order chi connectivity index (χ0) is 16.7. The monoisotopic (exact) mass is 316 g/mol. The van der Waals surface area contributed by atoms with E-state index in [9.17, 15) is 4.79 Å². The van der Waals surface area contributed by atoms with Gasteiger partial charge < -0.3 is 19.7 Å². The molecule has 2 rings (SSSR count). The van der Waals surface area contributed by atoms with Crippen molar-refractivity contribution in [1.82, 2.24) is 10.2 Å². The molecule has 0 heterocycles. The average Bonchev–Trinajstić information content (AvgIpc) is 2.59. The van der Waals surface area contributed by atoms with Crippen molar-refractivity contribution in [3.05, 3.63) is 42.0 Å². The van der Waals surface area contributed by atoms with Gasteiger partial charge in [-0.1, -0.05) is 30.3 Å².